The van der Waals surface area contributed by atoms with Gasteiger partial charge >= 0.3 is 0 Å². The number of fused-ring (bicyclic) bond motifs is 3. The fourth-order valence-electron chi connectivity index (χ4n) is 5.97. The van der Waals surface area contributed by atoms with Crippen molar-refractivity contribution in [2.75, 3.05) is 18.6 Å². The van der Waals surface area contributed by atoms with E-state index < -0.39 is 9.84 Å². The van der Waals surface area contributed by atoms with Crippen molar-refractivity contribution in [3.8, 4) is 5.69 Å². The van der Waals surface area contributed by atoms with Crippen LogP contribution in [0.25, 0.3) is 27.6 Å². The number of sulfone groups is 1. The van der Waals surface area contributed by atoms with Gasteiger partial charge in [0.1, 0.15) is 20.3 Å². The summed E-state index contributed by atoms with van der Waals surface area (Å²) in [6.07, 6.45) is 8.79. The topological polar surface area (TPSA) is 120 Å². The quantitative estimate of drug-likeness (QED) is 0.362. The number of carbonyl (C=O) groups excluding carboxylic acids is 1. The number of carbonyl (C=O) groups is 1. The van der Waals surface area contributed by atoms with Crippen molar-refractivity contribution in [2.45, 2.75) is 32.1 Å². The van der Waals surface area contributed by atoms with Crippen molar-refractivity contribution in [3.63, 3.8) is 0 Å². The van der Waals surface area contributed by atoms with Crippen molar-refractivity contribution in [1.29, 1.82) is 0 Å². The molecule has 1 aromatic carbocycles. The maximum atomic E-state index is 12.8. The lowest BCUT2D eigenvalue weighted by molar-refractivity contribution is -0.138. The fourth-order valence-corrected chi connectivity index (χ4v) is 6.88. The summed E-state index contributed by atoms with van der Waals surface area (Å²) < 4.78 is 25.2. The summed E-state index contributed by atoms with van der Waals surface area (Å²) in [5.41, 5.74) is 2.17. The summed E-state index contributed by atoms with van der Waals surface area (Å²) in [4.78, 5) is 26.7. The second-order valence-corrected chi connectivity index (χ2v) is 13.3. The highest BCUT2D eigenvalue weighted by molar-refractivity contribution is 9.10. The van der Waals surface area contributed by atoms with Gasteiger partial charge in [0, 0.05) is 37.0 Å². The second-order valence-electron chi connectivity index (χ2n) is 10.3. The molecule has 36 heavy (non-hydrogen) atoms. The largest absolute Gasteiger partial charge is 0.355 e. The van der Waals surface area contributed by atoms with Crippen molar-refractivity contribution >= 4 is 53.6 Å². The predicted octanol–water partition coefficient (Wildman–Crippen LogP) is 3.39. The van der Waals surface area contributed by atoms with Crippen LogP contribution in [0.5, 0.6) is 0 Å². The maximum absolute atomic E-state index is 12.8. The van der Waals surface area contributed by atoms with E-state index in [2.05, 4.69) is 36.3 Å². The van der Waals surface area contributed by atoms with Crippen LogP contribution < -0.4 is 5.32 Å². The maximum Gasteiger partial charge on any atom is 0.226 e. The third-order valence-corrected chi connectivity index (χ3v) is 9.13. The van der Waals surface area contributed by atoms with E-state index in [0.717, 1.165) is 59.1 Å². The molecule has 0 atom stereocenters. The Bertz CT molecular complexity index is 1630. The van der Waals surface area contributed by atoms with Gasteiger partial charge < -0.3 is 5.32 Å². The molecular weight excluding hydrogens is 544 g/mol. The molecule has 0 aliphatic heterocycles. The third kappa shape index (κ3) is 4.07. The van der Waals surface area contributed by atoms with Crippen LogP contribution in [0.3, 0.4) is 0 Å². The van der Waals surface area contributed by atoms with Gasteiger partial charge in [-0.05, 0) is 71.3 Å². The SMILES string of the molecule is CS(=O)(=O)CCNC(=O)C12CCC(Cc3ncc4c(Br)nn(-c5ccc6ncccc6c5)c4n3)(C1)C2. The Morgan fingerprint density at radius 1 is 1.19 bits per heavy atom. The predicted molar refractivity (Wildman–Crippen MR) is 139 cm³/mol. The molecule has 0 unspecified atom stereocenters. The summed E-state index contributed by atoms with van der Waals surface area (Å²) in [6.45, 7) is 0.163. The summed E-state index contributed by atoms with van der Waals surface area (Å²) in [5, 5.41) is 9.35. The standard InChI is InChI=1S/C25H25BrN6O3S/c1-36(34,35)10-9-28-23(33)25-7-6-24(14-25,15-25)12-20-29-13-18-21(26)31-32(22(18)30-20)17-4-5-19-16(11-17)3-2-8-27-19/h2-5,8,11,13H,6-7,9-10,12,14-15H2,1H3,(H,28,33). The van der Waals surface area contributed by atoms with Crippen molar-refractivity contribution in [2.24, 2.45) is 10.8 Å². The molecule has 1 N–H and O–H groups in total. The highest BCUT2D eigenvalue weighted by Gasteiger charge is 2.64. The van der Waals surface area contributed by atoms with Gasteiger partial charge in [-0.3, -0.25) is 9.78 Å². The third-order valence-electron chi connectivity index (χ3n) is 7.59. The minimum atomic E-state index is -3.10. The monoisotopic (exact) mass is 568 g/mol. The first-order valence-electron chi connectivity index (χ1n) is 11.9. The van der Waals surface area contributed by atoms with Gasteiger partial charge in [0.15, 0.2) is 5.65 Å². The smallest absolute Gasteiger partial charge is 0.226 e. The van der Waals surface area contributed by atoms with E-state index in [-0.39, 0.29) is 29.0 Å². The number of nitrogens with one attached hydrogen (secondary N) is 1. The first kappa shape index (κ1) is 23.5. The van der Waals surface area contributed by atoms with E-state index in [4.69, 9.17) is 4.98 Å². The van der Waals surface area contributed by atoms with E-state index >= 15 is 0 Å². The van der Waals surface area contributed by atoms with Crippen LogP contribution in [0.4, 0.5) is 0 Å². The highest BCUT2D eigenvalue weighted by atomic mass is 79.9. The number of pyridine rings is 1. The number of nitrogens with zero attached hydrogens (tertiary/aromatic N) is 5. The molecule has 11 heteroatoms. The van der Waals surface area contributed by atoms with Crippen molar-refractivity contribution in [1.82, 2.24) is 30.0 Å². The van der Waals surface area contributed by atoms with Gasteiger partial charge in [0.05, 0.1) is 27.8 Å². The van der Waals surface area contributed by atoms with Crippen LogP contribution in [0, 0.1) is 10.8 Å². The van der Waals surface area contributed by atoms with Crippen molar-refractivity contribution in [3.05, 3.63) is 53.2 Å². The number of amides is 1. The van der Waals surface area contributed by atoms with Gasteiger partial charge in [0.25, 0.3) is 0 Å². The summed E-state index contributed by atoms with van der Waals surface area (Å²) >= 11 is 3.55. The fraction of sp³-hybridized carbons (Fsp3) is 0.400. The molecule has 0 spiro atoms. The molecule has 0 saturated heterocycles. The van der Waals surface area contributed by atoms with Crippen molar-refractivity contribution < 1.29 is 13.2 Å². The molecule has 3 fully saturated rings. The zero-order valence-electron chi connectivity index (χ0n) is 19.7. The highest BCUT2D eigenvalue weighted by Crippen LogP contribution is 2.68. The molecule has 3 heterocycles. The van der Waals surface area contributed by atoms with Crippen LogP contribution in [0.2, 0.25) is 0 Å². The number of benzene rings is 1. The molecule has 3 aliphatic rings. The number of halogens is 1. The van der Waals surface area contributed by atoms with E-state index in [0.29, 0.717) is 11.0 Å². The molecule has 7 rings (SSSR count). The molecule has 4 aromatic rings. The first-order chi connectivity index (χ1) is 17.2. The first-order valence-corrected chi connectivity index (χ1v) is 14.7. The molecule has 9 nitrogen and oxygen atoms in total. The van der Waals surface area contributed by atoms with E-state index in [1.165, 1.54) is 6.26 Å². The lowest BCUT2D eigenvalue weighted by Gasteiger charge is -2.46. The van der Waals surface area contributed by atoms with E-state index in [1.54, 1.807) is 6.20 Å². The number of hydrogen-bond acceptors (Lipinski definition) is 7. The molecular formula is C25H25BrN6O3S. The van der Waals surface area contributed by atoms with Gasteiger partial charge in [-0.15, -0.1) is 0 Å². The van der Waals surface area contributed by atoms with Crippen LogP contribution in [0.1, 0.15) is 31.5 Å². The Kier molecular flexibility index (Phi) is 5.42. The average molecular weight is 569 g/mol. The summed E-state index contributed by atoms with van der Waals surface area (Å²) in [5.74, 6) is 0.681. The Morgan fingerprint density at radius 2 is 2.03 bits per heavy atom. The zero-order valence-corrected chi connectivity index (χ0v) is 22.1. The number of rotatable bonds is 7. The minimum Gasteiger partial charge on any atom is -0.355 e. The molecule has 1 amide bonds. The second kappa shape index (κ2) is 8.31. The molecule has 3 aromatic heterocycles. The Morgan fingerprint density at radius 3 is 2.83 bits per heavy atom. The zero-order chi connectivity index (χ0) is 25.1. The molecule has 3 saturated carbocycles. The molecule has 2 bridgehead atoms. The lowest BCUT2D eigenvalue weighted by atomic mass is 9.58. The molecule has 186 valence electrons. The molecule has 0 radical (unpaired) electrons. The van der Waals surface area contributed by atoms with Crippen LogP contribution >= 0.6 is 15.9 Å². The average Bonchev–Trinajstić information content (AvgIpc) is 3.48. The van der Waals surface area contributed by atoms with Gasteiger partial charge in [-0.2, -0.15) is 5.10 Å². The Hall–Kier alpha value is -2.92. The number of hydrogen-bond donors (Lipinski definition) is 1. The van der Waals surface area contributed by atoms with E-state index in [1.807, 2.05) is 41.2 Å². The number of aromatic nitrogens is 5. The molecule has 3 aliphatic carbocycles. The van der Waals surface area contributed by atoms with Crippen LogP contribution in [-0.2, 0) is 21.1 Å². The Labute approximate surface area is 216 Å². The normalized spacial score (nSPS) is 23.2. The Balaban J connectivity index is 1.22. The summed E-state index contributed by atoms with van der Waals surface area (Å²) in [7, 11) is -3.10. The van der Waals surface area contributed by atoms with Gasteiger partial charge in [-0.1, -0.05) is 6.07 Å². The van der Waals surface area contributed by atoms with Crippen LogP contribution in [-0.4, -0.2) is 57.6 Å². The minimum absolute atomic E-state index is 0.0125. The van der Waals surface area contributed by atoms with Crippen LogP contribution in [0.15, 0.2) is 47.3 Å². The van der Waals surface area contributed by atoms with E-state index in [9.17, 15) is 13.2 Å². The summed E-state index contributed by atoms with van der Waals surface area (Å²) in [6, 6.07) is 9.93. The van der Waals surface area contributed by atoms with Gasteiger partial charge in [0.2, 0.25) is 5.91 Å². The lowest BCUT2D eigenvalue weighted by Crippen LogP contribution is -2.50. The van der Waals surface area contributed by atoms with Gasteiger partial charge in [-0.25, -0.2) is 23.1 Å².